The summed E-state index contributed by atoms with van der Waals surface area (Å²) < 4.78 is 0. The number of nitrogens with zero attached hydrogens (tertiary/aromatic N) is 4. The second-order valence-electron chi connectivity index (χ2n) is 9.50. The van der Waals surface area contributed by atoms with Crippen LogP contribution in [0.2, 0.25) is 0 Å². The minimum atomic E-state index is 0.0826. The lowest BCUT2D eigenvalue weighted by atomic mass is 9.88. The van der Waals surface area contributed by atoms with Gasteiger partial charge >= 0.3 is 0 Å². The van der Waals surface area contributed by atoms with E-state index in [2.05, 4.69) is 45.1 Å². The third kappa shape index (κ3) is 4.67. The van der Waals surface area contributed by atoms with E-state index in [0.29, 0.717) is 12.1 Å². The number of nitrogens with one attached hydrogen (secondary N) is 1. The van der Waals surface area contributed by atoms with Crippen LogP contribution in [0.25, 0.3) is 10.9 Å². The number of H-pyrrole nitrogens is 1. The number of para-hydroxylation sites is 1. The lowest BCUT2D eigenvalue weighted by molar-refractivity contribution is -0.123. The Labute approximate surface area is 201 Å². The molecule has 2 aliphatic rings. The number of aromatic amines is 1. The van der Waals surface area contributed by atoms with E-state index in [-0.39, 0.29) is 11.8 Å². The smallest absolute Gasteiger partial charge is 0.230 e. The average molecular weight is 456 g/mol. The fourth-order valence-corrected chi connectivity index (χ4v) is 5.52. The fourth-order valence-electron chi connectivity index (χ4n) is 5.52. The predicted molar refractivity (Wildman–Crippen MR) is 137 cm³/mol. The molecule has 1 N–H and O–H groups in total. The summed E-state index contributed by atoms with van der Waals surface area (Å²) in [5, 5.41) is 10.9. The molecule has 1 aliphatic heterocycles. The quantitative estimate of drug-likeness (QED) is 0.581. The molecule has 0 atom stereocenters. The number of fused-ring (bicyclic) bond motifs is 1. The van der Waals surface area contributed by atoms with Gasteiger partial charge in [-0.2, -0.15) is 5.26 Å². The van der Waals surface area contributed by atoms with Crippen LogP contribution in [0.1, 0.15) is 37.7 Å². The second kappa shape index (κ2) is 10.3. The number of anilines is 2. The van der Waals surface area contributed by atoms with Crippen LogP contribution < -0.4 is 9.80 Å². The minimum absolute atomic E-state index is 0.0826. The van der Waals surface area contributed by atoms with Crippen LogP contribution >= 0.6 is 0 Å². The first kappa shape index (κ1) is 22.5. The normalized spacial score (nSPS) is 17.6. The van der Waals surface area contributed by atoms with Crippen molar-refractivity contribution in [1.29, 1.82) is 5.26 Å². The molecule has 0 spiro atoms. The van der Waals surface area contributed by atoms with Crippen molar-refractivity contribution in [3.8, 4) is 6.07 Å². The summed E-state index contributed by atoms with van der Waals surface area (Å²) in [7, 11) is 0. The van der Waals surface area contributed by atoms with Crippen molar-refractivity contribution in [2.24, 2.45) is 5.92 Å². The van der Waals surface area contributed by atoms with E-state index in [1.54, 1.807) is 0 Å². The maximum atomic E-state index is 13.6. The van der Waals surface area contributed by atoms with E-state index < -0.39 is 0 Å². The zero-order chi connectivity index (χ0) is 23.3. The first-order valence-corrected chi connectivity index (χ1v) is 12.6. The van der Waals surface area contributed by atoms with Gasteiger partial charge in [0.2, 0.25) is 5.91 Å². The van der Waals surface area contributed by atoms with Crippen molar-refractivity contribution >= 4 is 28.2 Å². The Morgan fingerprint density at radius 3 is 2.59 bits per heavy atom. The van der Waals surface area contributed by atoms with Crippen molar-refractivity contribution in [2.45, 2.75) is 32.1 Å². The molecule has 1 aromatic heterocycles. The molecule has 6 heteroatoms. The van der Waals surface area contributed by atoms with E-state index >= 15 is 0 Å². The highest BCUT2D eigenvalue weighted by molar-refractivity contribution is 5.96. The molecule has 2 fully saturated rings. The summed E-state index contributed by atoms with van der Waals surface area (Å²) in [6.45, 7) is 5.31. The Morgan fingerprint density at radius 1 is 1.00 bits per heavy atom. The van der Waals surface area contributed by atoms with Crippen LogP contribution in [0, 0.1) is 17.2 Å². The van der Waals surface area contributed by atoms with Gasteiger partial charge in [0, 0.05) is 68.0 Å². The molecule has 5 rings (SSSR count). The third-order valence-electron chi connectivity index (χ3n) is 7.46. The van der Waals surface area contributed by atoms with Crippen molar-refractivity contribution in [1.82, 2.24) is 9.88 Å². The Bertz CT molecular complexity index is 1160. The lowest BCUT2D eigenvalue weighted by Crippen LogP contribution is -2.49. The molecule has 176 valence electrons. The Balaban J connectivity index is 1.26. The van der Waals surface area contributed by atoms with Crippen molar-refractivity contribution < 1.29 is 4.79 Å². The number of aromatic nitrogens is 1. The van der Waals surface area contributed by atoms with Gasteiger partial charge in [-0.15, -0.1) is 0 Å². The molecule has 1 saturated carbocycles. The summed E-state index contributed by atoms with van der Waals surface area (Å²) in [4.78, 5) is 23.7. The summed E-state index contributed by atoms with van der Waals surface area (Å²) in [6.07, 6.45) is 7.40. The molecular formula is C28H33N5O. The van der Waals surface area contributed by atoms with Gasteiger partial charge in [0.1, 0.15) is 6.07 Å². The van der Waals surface area contributed by atoms with Crippen molar-refractivity contribution in [3.63, 3.8) is 0 Å². The van der Waals surface area contributed by atoms with Gasteiger partial charge < -0.3 is 14.8 Å². The standard InChI is InChI=1S/C28H33N5O/c29-21-23-9-4-5-11-26(23)33(28(34)22-7-2-1-3-8-22)20-17-31-15-18-32(19-16-31)27-12-6-10-25-24(27)13-14-30-25/h4-6,9-14,22,30H,1-3,7-8,15-20H2. The van der Waals surface area contributed by atoms with Crippen LogP contribution in [0.5, 0.6) is 0 Å². The molecule has 2 heterocycles. The van der Waals surface area contributed by atoms with Crippen LogP contribution in [-0.4, -0.2) is 55.1 Å². The molecule has 1 saturated heterocycles. The van der Waals surface area contributed by atoms with E-state index in [1.165, 1.54) is 23.0 Å². The number of hydrogen-bond donors (Lipinski definition) is 1. The van der Waals surface area contributed by atoms with E-state index in [0.717, 1.165) is 64.1 Å². The minimum Gasteiger partial charge on any atom is -0.368 e. The number of carbonyl (C=O) groups is 1. The topological polar surface area (TPSA) is 66.4 Å². The fraction of sp³-hybridized carbons (Fsp3) is 0.429. The number of rotatable bonds is 6. The van der Waals surface area contributed by atoms with Crippen LogP contribution in [0.3, 0.4) is 0 Å². The maximum Gasteiger partial charge on any atom is 0.230 e. The lowest BCUT2D eigenvalue weighted by Gasteiger charge is -2.38. The zero-order valence-corrected chi connectivity index (χ0v) is 19.7. The van der Waals surface area contributed by atoms with Gasteiger partial charge in [-0.3, -0.25) is 9.69 Å². The summed E-state index contributed by atoms with van der Waals surface area (Å²) in [5.41, 5.74) is 3.80. The predicted octanol–water partition coefficient (Wildman–Crippen LogP) is 4.78. The molecule has 1 aliphatic carbocycles. The molecule has 0 radical (unpaired) electrons. The molecule has 1 amide bonds. The number of hydrogen-bond acceptors (Lipinski definition) is 4. The number of carbonyl (C=O) groups excluding carboxylic acids is 1. The molecule has 3 aromatic rings. The van der Waals surface area contributed by atoms with Crippen LogP contribution in [0.15, 0.2) is 54.7 Å². The summed E-state index contributed by atoms with van der Waals surface area (Å²) >= 11 is 0. The first-order valence-electron chi connectivity index (χ1n) is 12.6. The molecule has 0 unspecified atom stereocenters. The summed E-state index contributed by atoms with van der Waals surface area (Å²) in [6, 6.07) is 18.4. The van der Waals surface area contributed by atoms with Gasteiger partial charge in [-0.1, -0.05) is 37.5 Å². The number of amides is 1. The van der Waals surface area contributed by atoms with E-state index in [1.807, 2.05) is 35.4 Å². The maximum absolute atomic E-state index is 13.6. The molecule has 0 bridgehead atoms. The van der Waals surface area contributed by atoms with Crippen molar-refractivity contribution in [2.75, 3.05) is 49.1 Å². The molecule has 2 aromatic carbocycles. The SMILES string of the molecule is N#Cc1ccccc1N(CCN1CCN(c2cccc3[nH]ccc23)CC1)C(=O)C1CCCCC1. The second-order valence-corrected chi connectivity index (χ2v) is 9.50. The van der Waals surface area contributed by atoms with Gasteiger partial charge in [-0.05, 0) is 43.2 Å². The van der Waals surface area contributed by atoms with Crippen molar-refractivity contribution in [3.05, 3.63) is 60.3 Å². The molecular weight excluding hydrogens is 422 g/mol. The third-order valence-corrected chi connectivity index (χ3v) is 7.46. The largest absolute Gasteiger partial charge is 0.368 e. The highest BCUT2D eigenvalue weighted by atomic mass is 16.2. The van der Waals surface area contributed by atoms with E-state index in [9.17, 15) is 10.1 Å². The van der Waals surface area contributed by atoms with E-state index in [4.69, 9.17) is 0 Å². The monoisotopic (exact) mass is 455 g/mol. The average Bonchev–Trinajstić information content (AvgIpc) is 3.39. The number of nitriles is 1. The highest BCUT2D eigenvalue weighted by Gasteiger charge is 2.29. The van der Waals surface area contributed by atoms with Crippen LogP contribution in [0.4, 0.5) is 11.4 Å². The first-order chi connectivity index (χ1) is 16.7. The van der Waals surface area contributed by atoms with Gasteiger partial charge in [0.05, 0.1) is 11.3 Å². The summed E-state index contributed by atoms with van der Waals surface area (Å²) in [5.74, 6) is 0.277. The number of benzene rings is 2. The highest BCUT2D eigenvalue weighted by Crippen LogP contribution is 2.30. The Hall–Kier alpha value is -3.30. The number of piperazine rings is 1. The van der Waals surface area contributed by atoms with Gasteiger partial charge in [0.15, 0.2) is 0 Å². The molecule has 6 nitrogen and oxygen atoms in total. The van der Waals surface area contributed by atoms with Gasteiger partial charge in [-0.25, -0.2) is 0 Å². The van der Waals surface area contributed by atoms with Crippen LogP contribution in [-0.2, 0) is 4.79 Å². The Morgan fingerprint density at radius 2 is 1.79 bits per heavy atom. The van der Waals surface area contributed by atoms with Gasteiger partial charge in [0.25, 0.3) is 0 Å². The zero-order valence-electron chi connectivity index (χ0n) is 19.7. The molecule has 34 heavy (non-hydrogen) atoms. The Kier molecular flexibility index (Phi) is 6.82.